The average Bonchev–Trinajstić information content (AvgIpc) is 2.16. The number of hydrogen-bond donors (Lipinski definition) is 2. The van der Waals surface area contributed by atoms with Crippen LogP contribution in [0.1, 0.15) is 25.5 Å². The minimum absolute atomic E-state index is 0. The molecule has 15 heavy (non-hydrogen) atoms. The normalized spacial score (nSPS) is 14.5. The molecule has 86 valence electrons. The van der Waals surface area contributed by atoms with Crippen molar-refractivity contribution in [1.82, 2.24) is 0 Å². The summed E-state index contributed by atoms with van der Waals surface area (Å²) in [5.74, 6) is 0.175. The number of benzene rings is 1. The lowest BCUT2D eigenvalue weighted by Gasteiger charge is -2.22. The second kappa shape index (κ2) is 6.48. The molecule has 4 heteroatoms. The summed E-state index contributed by atoms with van der Waals surface area (Å²) in [6, 6.07) is 7.42. The van der Waals surface area contributed by atoms with Crippen LogP contribution in [0.5, 0.6) is 0 Å². The SMILES string of the molecule is CC(C)[C@@H](O)[C@@H](N)c1ccc(Br)cc1.Cl. The summed E-state index contributed by atoms with van der Waals surface area (Å²) in [7, 11) is 0. The molecule has 0 amide bonds. The summed E-state index contributed by atoms with van der Waals surface area (Å²) < 4.78 is 1.02. The topological polar surface area (TPSA) is 46.2 Å². The number of nitrogens with two attached hydrogens (primary N) is 1. The van der Waals surface area contributed by atoms with Crippen LogP contribution >= 0.6 is 28.3 Å². The molecule has 1 aromatic carbocycles. The standard InChI is InChI=1S/C11H16BrNO.ClH/c1-7(2)11(14)10(13)8-3-5-9(12)6-4-8;/h3-7,10-11,14H,13H2,1-2H3;1H/t10-,11+;/m0./s1. The van der Waals surface area contributed by atoms with Gasteiger partial charge in [-0.05, 0) is 23.6 Å². The molecule has 2 nitrogen and oxygen atoms in total. The molecule has 0 heterocycles. The lowest BCUT2D eigenvalue weighted by Crippen LogP contribution is -2.30. The fourth-order valence-corrected chi connectivity index (χ4v) is 1.56. The van der Waals surface area contributed by atoms with Crippen LogP contribution in [0.25, 0.3) is 0 Å². The van der Waals surface area contributed by atoms with E-state index in [0.29, 0.717) is 0 Å². The van der Waals surface area contributed by atoms with Gasteiger partial charge in [-0.3, -0.25) is 0 Å². The zero-order valence-electron chi connectivity index (χ0n) is 8.85. The fourth-order valence-electron chi connectivity index (χ4n) is 1.30. The molecular weight excluding hydrogens is 277 g/mol. The summed E-state index contributed by atoms with van der Waals surface area (Å²) in [5, 5.41) is 9.78. The third-order valence-corrected chi connectivity index (χ3v) is 2.83. The molecule has 0 aromatic heterocycles. The fraction of sp³-hybridized carbons (Fsp3) is 0.455. The Balaban J connectivity index is 0.00000196. The Morgan fingerprint density at radius 2 is 1.67 bits per heavy atom. The van der Waals surface area contributed by atoms with Crippen molar-refractivity contribution in [3.8, 4) is 0 Å². The Morgan fingerprint density at radius 1 is 1.20 bits per heavy atom. The zero-order valence-corrected chi connectivity index (χ0v) is 11.3. The highest BCUT2D eigenvalue weighted by Gasteiger charge is 2.19. The van der Waals surface area contributed by atoms with Crippen LogP contribution in [0.4, 0.5) is 0 Å². The maximum absolute atomic E-state index is 9.78. The van der Waals surface area contributed by atoms with Crippen molar-refractivity contribution < 1.29 is 5.11 Å². The van der Waals surface area contributed by atoms with E-state index in [2.05, 4.69) is 15.9 Å². The van der Waals surface area contributed by atoms with E-state index in [1.54, 1.807) is 0 Å². The van der Waals surface area contributed by atoms with Gasteiger partial charge in [-0.25, -0.2) is 0 Å². The predicted octanol–water partition coefficient (Wildman–Crippen LogP) is 2.89. The third kappa shape index (κ3) is 4.11. The quantitative estimate of drug-likeness (QED) is 0.900. The maximum atomic E-state index is 9.78. The minimum atomic E-state index is -0.490. The van der Waals surface area contributed by atoms with Gasteiger partial charge in [0.2, 0.25) is 0 Å². The van der Waals surface area contributed by atoms with Crippen molar-refractivity contribution in [2.75, 3.05) is 0 Å². The summed E-state index contributed by atoms with van der Waals surface area (Å²) in [6.45, 7) is 3.92. The first-order valence-corrected chi connectivity index (χ1v) is 5.50. The van der Waals surface area contributed by atoms with Crippen molar-refractivity contribution in [3.05, 3.63) is 34.3 Å². The van der Waals surface area contributed by atoms with E-state index >= 15 is 0 Å². The number of rotatable bonds is 3. The monoisotopic (exact) mass is 293 g/mol. The van der Waals surface area contributed by atoms with Crippen molar-refractivity contribution in [1.29, 1.82) is 0 Å². The summed E-state index contributed by atoms with van der Waals surface area (Å²) in [6.07, 6.45) is -0.490. The second-order valence-corrected chi connectivity index (χ2v) is 4.73. The molecule has 0 aliphatic heterocycles. The van der Waals surface area contributed by atoms with E-state index in [1.807, 2.05) is 38.1 Å². The molecule has 0 fully saturated rings. The van der Waals surface area contributed by atoms with E-state index in [1.165, 1.54) is 0 Å². The Hall–Kier alpha value is -0.0900. The van der Waals surface area contributed by atoms with Crippen molar-refractivity contribution in [2.45, 2.75) is 26.0 Å². The molecule has 2 atom stereocenters. The Morgan fingerprint density at radius 3 is 2.07 bits per heavy atom. The highest BCUT2D eigenvalue weighted by Crippen LogP contribution is 2.21. The lowest BCUT2D eigenvalue weighted by atomic mass is 9.95. The Bertz CT molecular complexity index is 289. The number of halogens is 2. The first-order valence-electron chi connectivity index (χ1n) is 4.71. The van der Waals surface area contributed by atoms with Gasteiger partial charge in [-0.15, -0.1) is 12.4 Å². The largest absolute Gasteiger partial charge is 0.391 e. The van der Waals surface area contributed by atoms with Crippen LogP contribution in [-0.2, 0) is 0 Å². The van der Waals surface area contributed by atoms with Crippen molar-refractivity contribution >= 4 is 28.3 Å². The molecule has 0 radical (unpaired) electrons. The van der Waals surface area contributed by atoms with E-state index in [4.69, 9.17) is 5.73 Å². The molecule has 0 aliphatic rings. The van der Waals surface area contributed by atoms with Gasteiger partial charge in [-0.1, -0.05) is 41.9 Å². The van der Waals surface area contributed by atoms with Gasteiger partial charge in [0, 0.05) is 4.47 Å². The third-order valence-electron chi connectivity index (χ3n) is 2.31. The summed E-state index contributed by atoms with van der Waals surface area (Å²) in [4.78, 5) is 0. The van der Waals surface area contributed by atoms with Crippen LogP contribution in [0.3, 0.4) is 0 Å². The first-order chi connectivity index (χ1) is 6.52. The summed E-state index contributed by atoms with van der Waals surface area (Å²) >= 11 is 3.36. The first kappa shape index (κ1) is 14.9. The van der Waals surface area contributed by atoms with E-state index in [9.17, 15) is 5.11 Å². The zero-order chi connectivity index (χ0) is 10.7. The molecule has 0 aliphatic carbocycles. The molecule has 0 saturated carbocycles. The number of aliphatic hydroxyl groups is 1. The van der Waals surface area contributed by atoms with Crippen molar-refractivity contribution in [3.63, 3.8) is 0 Å². The van der Waals surface area contributed by atoms with Crippen LogP contribution in [0.2, 0.25) is 0 Å². The van der Waals surface area contributed by atoms with Gasteiger partial charge < -0.3 is 10.8 Å². The lowest BCUT2D eigenvalue weighted by molar-refractivity contribution is 0.0979. The highest BCUT2D eigenvalue weighted by molar-refractivity contribution is 9.10. The average molecular weight is 295 g/mol. The van der Waals surface area contributed by atoms with E-state index in [0.717, 1.165) is 10.0 Å². The van der Waals surface area contributed by atoms with E-state index in [-0.39, 0.29) is 24.4 Å². The number of aliphatic hydroxyl groups excluding tert-OH is 1. The minimum Gasteiger partial charge on any atom is -0.391 e. The van der Waals surface area contributed by atoms with Crippen LogP contribution in [-0.4, -0.2) is 11.2 Å². The molecule has 0 bridgehead atoms. The summed E-state index contributed by atoms with van der Waals surface area (Å²) in [5.41, 5.74) is 6.89. The smallest absolute Gasteiger partial charge is 0.0755 e. The molecule has 0 saturated heterocycles. The van der Waals surface area contributed by atoms with Crippen LogP contribution in [0, 0.1) is 5.92 Å². The van der Waals surface area contributed by atoms with Crippen molar-refractivity contribution in [2.24, 2.45) is 11.7 Å². The van der Waals surface area contributed by atoms with E-state index < -0.39 is 6.10 Å². The van der Waals surface area contributed by atoms with Crippen LogP contribution in [0.15, 0.2) is 28.7 Å². The van der Waals surface area contributed by atoms with Gasteiger partial charge >= 0.3 is 0 Å². The Kier molecular flexibility index (Phi) is 6.44. The van der Waals surface area contributed by atoms with Crippen LogP contribution < -0.4 is 5.73 Å². The predicted molar refractivity (Wildman–Crippen MR) is 69.2 cm³/mol. The molecule has 0 unspecified atom stereocenters. The van der Waals surface area contributed by atoms with Gasteiger partial charge in [-0.2, -0.15) is 0 Å². The number of hydrogen-bond acceptors (Lipinski definition) is 2. The van der Waals surface area contributed by atoms with Gasteiger partial charge in [0.1, 0.15) is 0 Å². The Labute approximate surface area is 105 Å². The van der Waals surface area contributed by atoms with Gasteiger partial charge in [0.25, 0.3) is 0 Å². The maximum Gasteiger partial charge on any atom is 0.0755 e. The molecule has 0 spiro atoms. The molecule has 3 N–H and O–H groups in total. The molecular formula is C11H17BrClNO. The highest BCUT2D eigenvalue weighted by atomic mass is 79.9. The second-order valence-electron chi connectivity index (χ2n) is 3.81. The van der Waals surface area contributed by atoms with Gasteiger partial charge in [0.05, 0.1) is 12.1 Å². The molecule has 1 rings (SSSR count). The van der Waals surface area contributed by atoms with Gasteiger partial charge in [0.15, 0.2) is 0 Å². The molecule has 1 aromatic rings.